The second-order valence-electron chi connectivity index (χ2n) is 6.10. The van der Waals surface area contributed by atoms with Gasteiger partial charge < -0.3 is 20.9 Å². The number of nitrogens with zero attached hydrogens (tertiary/aromatic N) is 1. The first-order valence-corrected chi connectivity index (χ1v) is 9.69. The van der Waals surface area contributed by atoms with Gasteiger partial charge in [-0.3, -0.25) is 9.42 Å². The van der Waals surface area contributed by atoms with Crippen LogP contribution in [0.15, 0.2) is 24.3 Å². The molecule has 24 heavy (non-hydrogen) atoms. The van der Waals surface area contributed by atoms with Crippen molar-refractivity contribution in [2.75, 3.05) is 25.5 Å². The molecular weight excluding hydrogens is 330 g/mol. The number of carboxylic acids is 1. The standard InChI is InChI=1S/C15H24BN2O5P/c1-24(14-7-3-2-6-13(14)17)23-18-9-11(5-4-8-16(21)22)12(10-18)15(19)20/h2-3,6-7,11-12,21-22H,4-5,8-10,17H2,1H3,(H,19,20). The second kappa shape index (κ2) is 8.78. The summed E-state index contributed by atoms with van der Waals surface area (Å²) in [4.78, 5) is 11.5. The highest BCUT2D eigenvalue weighted by Gasteiger charge is 2.38. The molecule has 0 aliphatic carbocycles. The molecule has 5 N–H and O–H groups in total. The number of para-hydroxylation sites is 1. The average molecular weight is 354 g/mol. The number of benzene rings is 1. The van der Waals surface area contributed by atoms with Crippen LogP contribution in [0.2, 0.25) is 6.32 Å². The van der Waals surface area contributed by atoms with Crippen molar-refractivity contribution in [2.24, 2.45) is 11.8 Å². The molecule has 0 spiro atoms. The lowest BCUT2D eigenvalue weighted by Crippen LogP contribution is -2.24. The predicted molar refractivity (Wildman–Crippen MR) is 94.8 cm³/mol. The van der Waals surface area contributed by atoms with Crippen molar-refractivity contribution in [3.63, 3.8) is 0 Å². The summed E-state index contributed by atoms with van der Waals surface area (Å²) in [6.07, 6.45) is 1.46. The lowest BCUT2D eigenvalue weighted by Gasteiger charge is -2.22. The zero-order valence-electron chi connectivity index (χ0n) is 13.7. The number of carbonyl (C=O) groups is 1. The highest BCUT2D eigenvalue weighted by Crippen LogP contribution is 2.38. The topological polar surface area (TPSA) is 116 Å². The molecular formula is C15H24BN2O5P. The van der Waals surface area contributed by atoms with Crippen LogP contribution in [0.4, 0.5) is 5.69 Å². The quantitative estimate of drug-likeness (QED) is 0.309. The van der Waals surface area contributed by atoms with Crippen molar-refractivity contribution in [1.82, 2.24) is 5.06 Å². The summed E-state index contributed by atoms with van der Waals surface area (Å²) < 4.78 is 5.97. The number of hydrogen-bond acceptors (Lipinski definition) is 6. The SMILES string of the molecule is CP(ON1CC(CCCB(O)O)C(C(=O)O)C1)c1ccccc1N. The van der Waals surface area contributed by atoms with Crippen molar-refractivity contribution in [1.29, 1.82) is 0 Å². The molecule has 1 aromatic rings. The number of nitrogens with two attached hydrogens (primary N) is 1. The number of carboxylic acid groups (broad SMARTS) is 1. The van der Waals surface area contributed by atoms with E-state index in [0.29, 0.717) is 31.6 Å². The minimum atomic E-state index is -1.34. The van der Waals surface area contributed by atoms with Crippen LogP contribution in [0, 0.1) is 11.8 Å². The fourth-order valence-electron chi connectivity index (χ4n) is 3.02. The zero-order valence-corrected chi connectivity index (χ0v) is 14.6. The zero-order chi connectivity index (χ0) is 17.7. The van der Waals surface area contributed by atoms with Crippen LogP contribution >= 0.6 is 8.15 Å². The summed E-state index contributed by atoms with van der Waals surface area (Å²) in [6, 6.07) is 7.52. The van der Waals surface area contributed by atoms with Crippen molar-refractivity contribution in [2.45, 2.75) is 19.2 Å². The van der Waals surface area contributed by atoms with E-state index < -0.39 is 27.2 Å². The third kappa shape index (κ3) is 5.16. The molecule has 1 heterocycles. The smallest absolute Gasteiger partial charge is 0.451 e. The van der Waals surface area contributed by atoms with Gasteiger partial charge in [0.25, 0.3) is 0 Å². The first kappa shape index (κ1) is 19.2. The molecule has 2 rings (SSSR count). The molecule has 1 aliphatic heterocycles. The lowest BCUT2D eigenvalue weighted by atomic mass is 9.80. The van der Waals surface area contributed by atoms with E-state index in [-0.39, 0.29) is 12.2 Å². The molecule has 132 valence electrons. The van der Waals surface area contributed by atoms with Gasteiger partial charge in [-0.15, -0.1) is 0 Å². The largest absolute Gasteiger partial charge is 0.481 e. The number of hydroxylamine groups is 2. The van der Waals surface area contributed by atoms with Gasteiger partial charge >= 0.3 is 13.1 Å². The summed E-state index contributed by atoms with van der Waals surface area (Å²) in [5.74, 6) is -1.40. The molecule has 1 aliphatic rings. The molecule has 0 amide bonds. The van der Waals surface area contributed by atoms with E-state index in [0.717, 1.165) is 5.30 Å². The number of rotatable bonds is 8. The molecule has 3 unspecified atom stereocenters. The molecule has 1 aromatic carbocycles. The summed E-state index contributed by atoms with van der Waals surface area (Å²) in [7, 11) is -2.30. The third-order valence-corrected chi connectivity index (χ3v) is 5.84. The normalized spacial score (nSPS) is 22.5. The Hall–Kier alpha value is -1.18. The number of nitrogen functional groups attached to an aromatic ring is 1. The fourth-order valence-corrected chi connectivity index (χ4v) is 4.33. The van der Waals surface area contributed by atoms with Crippen LogP contribution in [0.1, 0.15) is 12.8 Å². The molecule has 9 heteroatoms. The van der Waals surface area contributed by atoms with Crippen LogP contribution in [0.25, 0.3) is 0 Å². The Bertz CT molecular complexity index is 562. The number of hydrogen-bond donors (Lipinski definition) is 4. The van der Waals surface area contributed by atoms with Crippen molar-refractivity contribution >= 4 is 32.2 Å². The Morgan fingerprint density at radius 1 is 1.42 bits per heavy atom. The van der Waals surface area contributed by atoms with Gasteiger partial charge in [0.15, 0.2) is 0 Å². The lowest BCUT2D eigenvalue weighted by molar-refractivity contribution is -0.143. The van der Waals surface area contributed by atoms with Gasteiger partial charge in [0, 0.05) is 24.1 Å². The molecule has 1 fully saturated rings. The van der Waals surface area contributed by atoms with Gasteiger partial charge in [-0.2, -0.15) is 5.06 Å². The summed E-state index contributed by atoms with van der Waals surface area (Å²) in [5.41, 5.74) is 6.64. The van der Waals surface area contributed by atoms with Crippen LogP contribution in [-0.4, -0.2) is 53.1 Å². The number of aliphatic carboxylic acids is 1. The molecule has 0 bridgehead atoms. The Kier molecular flexibility index (Phi) is 7.01. The van der Waals surface area contributed by atoms with Gasteiger partial charge in [0.1, 0.15) is 0 Å². The van der Waals surface area contributed by atoms with Gasteiger partial charge in [-0.25, -0.2) is 0 Å². The van der Waals surface area contributed by atoms with Crippen LogP contribution < -0.4 is 11.0 Å². The molecule has 0 radical (unpaired) electrons. The molecule has 1 saturated heterocycles. The van der Waals surface area contributed by atoms with Crippen molar-refractivity contribution < 1.29 is 24.6 Å². The molecule has 7 nitrogen and oxygen atoms in total. The Morgan fingerprint density at radius 3 is 2.75 bits per heavy atom. The summed E-state index contributed by atoms with van der Waals surface area (Å²) in [5, 5.41) is 29.9. The maximum atomic E-state index is 11.5. The van der Waals surface area contributed by atoms with Gasteiger partial charge in [-0.1, -0.05) is 24.6 Å². The van der Waals surface area contributed by atoms with Crippen molar-refractivity contribution in [3.8, 4) is 0 Å². The van der Waals surface area contributed by atoms with E-state index in [2.05, 4.69) is 0 Å². The summed E-state index contributed by atoms with van der Waals surface area (Å²) >= 11 is 0. The van der Waals surface area contributed by atoms with E-state index in [9.17, 15) is 9.90 Å². The fraction of sp³-hybridized carbons (Fsp3) is 0.533. The average Bonchev–Trinajstić information content (AvgIpc) is 2.90. The van der Waals surface area contributed by atoms with E-state index in [4.69, 9.17) is 20.4 Å². The molecule has 0 saturated carbocycles. The third-order valence-electron chi connectivity index (χ3n) is 4.28. The van der Waals surface area contributed by atoms with Gasteiger partial charge in [0.05, 0.1) is 14.1 Å². The minimum absolute atomic E-state index is 0.0576. The number of anilines is 1. The predicted octanol–water partition coefficient (Wildman–Crippen LogP) is 0.738. The summed E-state index contributed by atoms with van der Waals surface area (Å²) in [6.45, 7) is 2.81. The van der Waals surface area contributed by atoms with Gasteiger partial charge in [0.2, 0.25) is 0 Å². The van der Waals surface area contributed by atoms with E-state index >= 15 is 0 Å². The monoisotopic (exact) mass is 354 g/mol. The van der Waals surface area contributed by atoms with E-state index in [1.165, 1.54) is 0 Å². The Labute approximate surface area is 143 Å². The Morgan fingerprint density at radius 2 is 2.12 bits per heavy atom. The van der Waals surface area contributed by atoms with E-state index in [1.807, 2.05) is 30.9 Å². The molecule has 0 aromatic heterocycles. The molecule has 3 atom stereocenters. The maximum Gasteiger partial charge on any atom is 0.451 e. The van der Waals surface area contributed by atoms with Gasteiger partial charge in [-0.05, 0) is 31.4 Å². The van der Waals surface area contributed by atoms with Crippen LogP contribution in [-0.2, 0) is 9.42 Å². The second-order valence-corrected chi connectivity index (χ2v) is 7.74. The van der Waals surface area contributed by atoms with E-state index in [1.54, 1.807) is 5.06 Å². The van der Waals surface area contributed by atoms with Crippen molar-refractivity contribution in [3.05, 3.63) is 24.3 Å². The highest BCUT2D eigenvalue weighted by atomic mass is 31.1. The first-order valence-electron chi connectivity index (χ1n) is 7.98. The van der Waals surface area contributed by atoms with Crippen LogP contribution in [0.3, 0.4) is 0 Å². The minimum Gasteiger partial charge on any atom is -0.481 e. The first-order chi connectivity index (χ1) is 11.4. The maximum absolute atomic E-state index is 11.5. The highest BCUT2D eigenvalue weighted by molar-refractivity contribution is 7.60. The van der Waals surface area contributed by atoms with Crippen LogP contribution in [0.5, 0.6) is 0 Å². The Balaban J connectivity index is 1.94.